The Kier molecular flexibility index (Phi) is 7.05. The number of aryl methyl sites for hydroxylation is 2. The predicted molar refractivity (Wildman–Crippen MR) is 128 cm³/mol. The molecule has 0 atom stereocenters. The van der Waals surface area contributed by atoms with Crippen LogP contribution >= 0.6 is 22.9 Å². The number of carbonyl (C=O) groups excluding carboxylic acids is 3. The lowest BCUT2D eigenvalue weighted by molar-refractivity contribution is -0.119. The van der Waals surface area contributed by atoms with Crippen LogP contribution in [0.5, 0.6) is 0 Å². The van der Waals surface area contributed by atoms with Crippen molar-refractivity contribution in [2.75, 3.05) is 17.2 Å². The van der Waals surface area contributed by atoms with Gasteiger partial charge in [0.05, 0.1) is 21.8 Å². The summed E-state index contributed by atoms with van der Waals surface area (Å²) < 4.78 is 5.33. The van der Waals surface area contributed by atoms with Crippen LogP contribution in [0.2, 0.25) is 5.02 Å². The first-order chi connectivity index (χ1) is 15.9. The normalized spacial score (nSPS) is 12.5. The summed E-state index contributed by atoms with van der Waals surface area (Å²) in [5.41, 5.74) is 3.01. The summed E-state index contributed by atoms with van der Waals surface area (Å²) in [4.78, 5) is 43.0. The number of fused-ring (bicyclic) bond motifs is 1. The van der Waals surface area contributed by atoms with E-state index in [0.717, 1.165) is 41.7 Å². The molecule has 0 fully saturated rings. The third-order valence-electron chi connectivity index (χ3n) is 5.26. The fraction of sp³-hybridized carbons (Fsp3) is 0.250. The van der Waals surface area contributed by atoms with Crippen molar-refractivity contribution in [3.63, 3.8) is 0 Å². The third kappa shape index (κ3) is 5.40. The van der Waals surface area contributed by atoms with Gasteiger partial charge in [0.2, 0.25) is 0 Å². The van der Waals surface area contributed by atoms with E-state index in [0.29, 0.717) is 26.8 Å². The van der Waals surface area contributed by atoms with Crippen LogP contribution in [-0.4, -0.2) is 29.4 Å². The number of hydrogen-bond donors (Lipinski definition) is 2. The van der Waals surface area contributed by atoms with E-state index >= 15 is 0 Å². The quantitative estimate of drug-likeness (QED) is 0.479. The lowest BCUT2D eigenvalue weighted by Gasteiger charge is -2.13. The number of ether oxygens (including phenoxy) is 1. The number of nitrogens with zero attached hydrogens (tertiary/aromatic N) is 1. The van der Waals surface area contributed by atoms with Gasteiger partial charge >= 0.3 is 5.97 Å². The molecule has 1 aliphatic carbocycles. The number of esters is 1. The van der Waals surface area contributed by atoms with E-state index in [1.165, 1.54) is 17.5 Å². The molecular formula is C24H22ClN3O4S. The fourth-order valence-electron chi connectivity index (χ4n) is 3.65. The Balaban J connectivity index is 1.48. The molecular weight excluding hydrogens is 462 g/mol. The lowest BCUT2D eigenvalue weighted by atomic mass is 9.95. The molecule has 2 amide bonds. The van der Waals surface area contributed by atoms with Gasteiger partial charge in [-0.25, -0.2) is 4.79 Å². The van der Waals surface area contributed by atoms with E-state index in [1.54, 1.807) is 30.5 Å². The Hall–Kier alpha value is -3.23. The fourth-order valence-corrected chi connectivity index (χ4v) is 5.21. The summed E-state index contributed by atoms with van der Waals surface area (Å²) in [5.74, 6) is -1.50. The van der Waals surface area contributed by atoms with E-state index in [9.17, 15) is 14.4 Å². The second-order valence-electron chi connectivity index (χ2n) is 7.72. The molecule has 170 valence electrons. The van der Waals surface area contributed by atoms with Gasteiger partial charge in [-0.1, -0.05) is 17.7 Å². The van der Waals surface area contributed by atoms with E-state index in [2.05, 4.69) is 15.6 Å². The summed E-state index contributed by atoms with van der Waals surface area (Å²) in [7, 11) is 0. The highest BCUT2D eigenvalue weighted by molar-refractivity contribution is 7.17. The lowest BCUT2D eigenvalue weighted by Crippen LogP contribution is -2.22. The number of aromatic nitrogens is 1. The van der Waals surface area contributed by atoms with Crippen LogP contribution < -0.4 is 10.6 Å². The van der Waals surface area contributed by atoms with Crippen LogP contribution in [0.1, 0.15) is 49.6 Å². The van der Waals surface area contributed by atoms with Crippen LogP contribution in [0.15, 0.2) is 42.7 Å². The molecule has 2 heterocycles. The molecule has 0 radical (unpaired) electrons. The van der Waals surface area contributed by atoms with E-state index in [1.807, 2.05) is 13.0 Å². The molecule has 0 aliphatic heterocycles. The number of halogens is 1. The Morgan fingerprint density at radius 1 is 1.15 bits per heavy atom. The molecule has 9 heteroatoms. The summed E-state index contributed by atoms with van der Waals surface area (Å²) in [6.07, 6.45) is 6.59. The van der Waals surface area contributed by atoms with Crippen molar-refractivity contribution < 1.29 is 19.1 Å². The number of nitrogens with one attached hydrogen (secondary N) is 2. The third-order valence-corrected chi connectivity index (χ3v) is 6.78. The molecule has 3 aromatic rings. The highest BCUT2D eigenvalue weighted by Gasteiger charge is 2.28. The van der Waals surface area contributed by atoms with Gasteiger partial charge in [-0.2, -0.15) is 0 Å². The van der Waals surface area contributed by atoms with Crippen molar-refractivity contribution in [1.29, 1.82) is 0 Å². The number of amides is 2. The van der Waals surface area contributed by atoms with Crippen LogP contribution in [0, 0.1) is 6.92 Å². The summed E-state index contributed by atoms with van der Waals surface area (Å²) in [5, 5.41) is 6.31. The van der Waals surface area contributed by atoms with Crippen LogP contribution in [0.4, 0.5) is 10.7 Å². The molecule has 0 spiro atoms. The Morgan fingerprint density at radius 3 is 2.73 bits per heavy atom. The van der Waals surface area contributed by atoms with Gasteiger partial charge in [0, 0.05) is 17.3 Å². The molecule has 0 saturated carbocycles. The van der Waals surface area contributed by atoms with E-state index in [4.69, 9.17) is 16.3 Å². The number of rotatable bonds is 6. The number of thiophene rings is 1. The Morgan fingerprint density at radius 2 is 1.97 bits per heavy atom. The minimum Gasteiger partial charge on any atom is -0.452 e. The maximum Gasteiger partial charge on any atom is 0.341 e. The van der Waals surface area contributed by atoms with Gasteiger partial charge in [-0.05, 0) is 68.0 Å². The average Bonchev–Trinajstić information content (AvgIpc) is 3.17. The molecule has 33 heavy (non-hydrogen) atoms. The highest BCUT2D eigenvalue weighted by atomic mass is 35.5. The summed E-state index contributed by atoms with van der Waals surface area (Å²) >= 11 is 7.53. The topological polar surface area (TPSA) is 97.4 Å². The zero-order chi connectivity index (χ0) is 23.4. The van der Waals surface area contributed by atoms with Crippen molar-refractivity contribution in [2.24, 2.45) is 0 Å². The predicted octanol–water partition coefficient (Wildman–Crippen LogP) is 5.03. The van der Waals surface area contributed by atoms with E-state index < -0.39 is 18.5 Å². The van der Waals surface area contributed by atoms with Crippen LogP contribution in [0.3, 0.4) is 0 Å². The molecule has 0 saturated heterocycles. The smallest absolute Gasteiger partial charge is 0.341 e. The first kappa shape index (κ1) is 22.9. The first-order valence-corrected chi connectivity index (χ1v) is 11.7. The van der Waals surface area contributed by atoms with E-state index in [-0.39, 0.29) is 5.91 Å². The van der Waals surface area contributed by atoms with Crippen LogP contribution in [0.25, 0.3) is 0 Å². The molecule has 2 aromatic heterocycles. The maximum atomic E-state index is 13.0. The van der Waals surface area contributed by atoms with Crippen molar-refractivity contribution in [3.05, 3.63) is 74.9 Å². The number of pyridine rings is 1. The summed E-state index contributed by atoms with van der Waals surface area (Å²) in [6.45, 7) is 1.43. The minimum absolute atomic E-state index is 0.327. The first-order valence-electron chi connectivity index (χ1n) is 10.5. The number of anilines is 2. The average molecular weight is 484 g/mol. The monoisotopic (exact) mass is 483 g/mol. The van der Waals surface area contributed by atoms with Crippen LogP contribution in [-0.2, 0) is 22.4 Å². The zero-order valence-electron chi connectivity index (χ0n) is 17.9. The van der Waals surface area contributed by atoms with Gasteiger partial charge in [-0.3, -0.25) is 14.6 Å². The molecule has 7 nitrogen and oxygen atoms in total. The van der Waals surface area contributed by atoms with Crippen molar-refractivity contribution in [1.82, 2.24) is 4.98 Å². The second kappa shape index (κ2) is 10.1. The largest absolute Gasteiger partial charge is 0.452 e. The molecule has 1 aliphatic rings. The van der Waals surface area contributed by atoms with Crippen molar-refractivity contribution >= 4 is 51.4 Å². The Labute approximate surface area is 200 Å². The van der Waals surface area contributed by atoms with Crippen molar-refractivity contribution in [3.8, 4) is 0 Å². The Bertz CT molecular complexity index is 1210. The number of hydrogen-bond acceptors (Lipinski definition) is 6. The molecule has 0 unspecified atom stereocenters. The summed E-state index contributed by atoms with van der Waals surface area (Å²) in [6, 6.07) is 8.57. The van der Waals surface area contributed by atoms with Crippen molar-refractivity contribution in [2.45, 2.75) is 32.6 Å². The van der Waals surface area contributed by atoms with Gasteiger partial charge in [0.1, 0.15) is 5.00 Å². The number of benzene rings is 1. The number of carbonyl (C=O) groups is 3. The van der Waals surface area contributed by atoms with Gasteiger partial charge in [0.25, 0.3) is 11.8 Å². The standard InChI is InChI=1S/C24H22ClN3O4S/c1-14-8-9-18(17(25)11-14)27-20(29)13-32-24(31)21-16-6-2-3-7-19(16)33-23(21)28-22(30)15-5-4-10-26-12-15/h4-5,8-12H,2-3,6-7,13H2,1H3,(H,27,29)(H,28,30). The SMILES string of the molecule is Cc1ccc(NC(=O)COC(=O)c2c(NC(=O)c3cccnc3)sc3c2CCCC3)c(Cl)c1. The van der Waals surface area contributed by atoms with Gasteiger partial charge < -0.3 is 15.4 Å². The molecule has 2 N–H and O–H groups in total. The molecule has 0 bridgehead atoms. The highest BCUT2D eigenvalue weighted by Crippen LogP contribution is 2.38. The maximum absolute atomic E-state index is 13.0. The zero-order valence-corrected chi connectivity index (χ0v) is 19.5. The second-order valence-corrected chi connectivity index (χ2v) is 9.23. The van der Waals surface area contributed by atoms with Gasteiger partial charge in [0.15, 0.2) is 6.61 Å². The minimum atomic E-state index is -0.638. The molecule has 4 rings (SSSR count). The molecule has 1 aromatic carbocycles. The van der Waals surface area contributed by atoms with Gasteiger partial charge in [-0.15, -0.1) is 11.3 Å².